The Morgan fingerprint density at radius 3 is 3.00 bits per heavy atom. The number of nitrogens with one attached hydrogen (secondary N) is 1. The molecule has 0 radical (unpaired) electrons. The molecule has 0 atom stereocenters. The van der Waals surface area contributed by atoms with Gasteiger partial charge in [-0.3, -0.25) is 0 Å². The summed E-state index contributed by atoms with van der Waals surface area (Å²) in [6, 6.07) is 0. The van der Waals surface area contributed by atoms with Crippen molar-refractivity contribution >= 4 is 23.1 Å². The van der Waals surface area contributed by atoms with Gasteiger partial charge in [0.1, 0.15) is 5.01 Å². The summed E-state index contributed by atoms with van der Waals surface area (Å²) >= 11 is 3.75. The minimum atomic E-state index is 0.694. The van der Waals surface area contributed by atoms with Crippen LogP contribution in [-0.4, -0.2) is 23.3 Å². The molecule has 0 aliphatic heterocycles. The Kier molecular flexibility index (Phi) is 6.29. The van der Waals surface area contributed by atoms with Crippen LogP contribution < -0.4 is 5.32 Å². The second-order valence-corrected chi connectivity index (χ2v) is 6.20. The van der Waals surface area contributed by atoms with Crippen molar-refractivity contribution in [2.75, 3.05) is 13.1 Å². The van der Waals surface area contributed by atoms with Crippen LogP contribution in [0.2, 0.25) is 0 Å². The molecule has 2 nitrogen and oxygen atoms in total. The summed E-state index contributed by atoms with van der Waals surface area (Å²) < 4.78 is 0. The quantitative estimate of drug-likeness (QED) is 0.747. The molecule has 86 valence electrons. The van der Waals surface area contributed by atoms with Crippen molar-refractivity contribution < 1.29 is 0 Å². The zero-order chi connectivity index (χ0) is 11.1. The monoisotopic (exact) mass is 244 g/mol. The third kappa shape index (κ3) is 5.54. The van der Waals surface area contributed by atoms with E-state index in [1.165, 1.54) is 10.7 Å². The minimum absolute atomic E-state index is 0.694. The van der Waals surface area contributed by atoms with Crippen LogP contribution in [0.4, 0.5) is 0 Å². The van der Waals surface area contributed by atoms with E-state index in [0.717, 1.165) is 25.3 Å². The third-order valence-corrected chi connectivity index (χ3v) is 4.13. The zero-order valence-electron chi connectivity index (χ0n) is 9.75. The number of hydrogen-bond donors (Lipinski definition) is 1. The predicted octanol–water partition coefficient (Wildman–Crippen LogP) is 2.94. The average molecular weight is 244 g/mol. The summed E-state index contributed by atoms with van der Waals surface area (Å²) in [4.78, 5) is 4.61. The van der Waals surface area contributed by atoms with Gasteiger partial charge in [-0.25, -0.2) is 4.98 Å². The van der Waals surface area contributed by atoms with Crippen LogP contribution in [0.5, 0.6) is 0 Å². The van der Waals surface area contributed by atoms with Crippen molar-refractivity contribution in [1.82, 2.24) is 10.3 Å². The van der Waals surface area contributed by atoms with Crippen molar-refractivity contribution in [3.8, 4) is 0 Å². The molecular formula is C11H20N2S2. The van der Waals surface area contributed by atoms with E-state index in [9.17, 15) is 0 Å². The van der Waals surface area contributed by atoms with Crippen LogP contribution in [-0.2, 0) is 12.2 Å². The average Bonchev–Trinajstić information content (AvgIpc) is 2.63. The topological polar surface area (TPSA) is 24.9 Å². The van der Waals surface area contributed by atoms with Crippen molar-refractivity contribution in [2.45, 2.75) is 38.2 Å². The highest BCUT2D eigenvalue weighted by Crippen LogP contribution is 2.20. The summed E-state index contributed by atoms with van der Waals surface area (Å²) in [5, 5.41) is 7.46. The Morgan fingerprint density at radius 2 is 2.33 bits per heavy atom. The first-order valence-electron chi connectivity index (χ1n) is 5.48. The van der Waals surface area contributed by atoms with Gasteiger partial charge in [0.15, 0.2) is 0 Å². The van der Waals surface area contributed by atoms with Crippen molar-refractivity contribution in [3.05, 3.63) is 16.1 Å². The lowest BCUT2D eigenvalue weighted by Crippen LogP contribution is -2.16. The first-order chi connectivity index (χ1) is 7.22. The predicted molar refractivity (Wildman–Crippen MR) is 70.8 cm³/mol. The second kappa shape index (κ2) is 7.25. The van der Waals surface area contributed by atoms with Gasteiger partial charge in [-0.05, 0) is 11.8 Å². The first-order valence-corrected chi connectivity index (χ1v) is 7.40. The van der Waals surface area contributed by atoms with Gasteiger partial charge in [0.25, 0.3) is 0 Å². The van der Waals surface area contributed by atoms with Gasteiger partial charge in [-0.1, -0.05) is 20.8 Å². The molecule has 0 aliphatic carbocycles. The molecule has 0 amide bonds. The number of thioether (sulfide) groups is 1. The molecule has 1 rings (SSSR count). The normalized spacial score (nSPS) is 11.2. The molecule has 0 fully saturated rings. The molecule has 0 spiro atoms. The number of likely N-dealkylation sites (N-methyl/N-ethyl adjacent to an activating group) is 1. The molecule has 0 saturated heterocycles. The number of nitrogens with zero attached hydrogens (tertiary/aromatic N) is 1. The van der Waals surface area contributed by atoms with E-state index in [1.54, 1.807) is 11.3 Å². The summed E-state index contributed by atoms with van der Waals surface area (Å²) in [5.41, 5.74) is 1.24. The van der Waals surface area contributed by atoms with E-state index in [4.69, 9.17) is 0 Å². The summed E-state index contributed by atoms with van der Waals surface area (Å²) in [6.07, 6.45) is 1.05. The van der Waals surface area contributed by atoms with Crippen molar-refractivity contribution in [1.29, 1.82) is 0 Å². The van der Waals surface area contributed by atoms with E-state index >= 15 is 0 Å². The van der Waals surface area contributed by atoms with E-state index in [2.05, 4.69) is 36.5 Å². The van der Waals surface area contributed by atoms with Gasteiger partial charge in [0.2, 0.25) is 0 Å². The summed E-state index contributed by atoms with van der Waals surface area (Å²) in [6.45, 7) is 8.66. The first kappa shape index (κ1) is 13.0. The van der Waals surface area contributed by atoms with Crippen LogP contribution in [0.15, 0.2) is 5.38 Å². The Hall–Kier alpha value is -0.0600. The molecule has 0 bridgehead atoms. The molecule has 0 unspecified atom stereocenters. The van der Waals surface area contributed by atoms with Crippen LogP contribution in [0, 0.1) is 0 Å². The van der Waals surface area contributed by atoms with E-state index < -0.39 is 0 Å². The van der Waals surface area contributed by atoms with Crippen LogP contribution >= 0.6 is 23.1 Å². The number of aromatic nitrogens is 1. The molecule has 1 heterocycles. The summed E-state index contributed by atoms with van der Waals surface area (Å²) in [7, 11) is 0. The van der Waals surface area contributed by atoms with Crippen LogP contribution in [0.25, 0.3) is 0 Å². The molecule has 0 aromatic carbocycles. The van der Waals surface area contributed by atoms with Crippen LogP contribution in [0.1, 0.15) is 31.5 Å². The summed E-state index contributed by atoms with van der Waals surface area (Å²) in [5.74, 6) is 1.06. The maximum atomic E-state index is 4.61. The molecular weight excluding hydrogens is 224 g/mol. The van der Waals surface area contributed by atoms with E-state index in [-0.39, 0.29) is 0 Å². The highest BCUT2D eigenvalue weighted by molar-refractivity contribution is 7.99. The lowest BCUT2D eigenvalue weighted by molar-refractivity contribution is 0.709. The highest BCUT2D eigenvalue weighted by atomic mass is 32.2. The number of thiazole rings is 1. The van der Waals surface area contributed by atoms with Gasteiger partial charge < -0.3 is 5.32 Å². The molecule has 4 heteroatoms. The van der Waals surface area contributed by atoms with Crippen molar-refractivity contribution in [2.24, 2.45) is 0 Å². The molecule has 0 saturated carbocycles. The largest absolute Gasteiger partial charge is 0.317 e. The lowest BCUT2D eigenvalue weighted by atomic mass is 10.3. The molecule has 15 heavy (non-hydrogen) atoms. The Labute approximate surface area is 101 Å². The number of hydrogen-bond acceptors (Lipinski definition) is 4. The fourth-order valence-corrected chi connectivity index (χ4v) is 2.79. The molecule has 1 aromatic heterocycles. The maximum Gasteiger partial charge on any atom is 0.103 e. The van der Waals surface area contributed by atoms with Crippen LogP contribution in [0.3, 0.4) is 0 Å². The molecule has 1 N–H and O–H groups in total. The molecule has 0 aliphatic rings. The second-order valence-electron chi connectivity index (χ2n) is 3.70. The fourth-order valence-electron chi connectivity index (χ4n) is 1.16. The van der Waals surface area contributed by atoms with Gasteiger partial charge in [-0.15, -0.1) is 11.3 Å². The van der Waals surface area contributed by atoms with Gasteiger partial charge >= 0.3 is 0 Å². The zero-order valence-corrected chi connectivity index (χ0v) is 11.4. The van der Waals surface area contributed by atoms with Gasteiger partial charge in [0.05, 0.1) is 5.69 Å². The Morgan fingerprint density at radius 1 is 1.53 bits per heavy atom. The highest BCUT2D eigenvalue weighted by Gasteiger charge is 2.03. The lowest BCUT2D eigenvalue weighted by Gasteiger charge is -2.01. The minimum Gasteiger partial charge on any atom is -0.317 e. The SMILES string of the molecule is CCNCCc1csc(CSC(C)C)n1. The maximum absolute atomic E-state index is 4.61. The molecule has 1 aromatic rings. The smallest absolute Gasteiger partial charge is 0.103 e. The Balaban J connectivity index is 2.29. The van der Waals surface area contributed by atoms with Gasteiger partial charge in [0, 0.05) is 24.1 Å². The van der Waals surface area contributed by atoms with Crippen molar-refractivity contribution in [3.63, 3.8) is 0 Å². The van der Waals surface area contributed by atoms with E-state index in [1.807, 2.05) is 11.8 Å². The fraction of sp³-hybridized carbons (Fsp3) is 0.727. The third-order valence-electron chi connectivity index (χ3n) is 1.95. The number of rotatable bonds is 7. The van der Waals surface area contributed by atoms with Gasteiger partial charge in [-0.2, -0.15) is 11.8 Å². The Bertz CT molecular complexity index is 271. The standard InChI is InChI=1S/C11H20N2S2/c1-4-12-6-5-10-7-15-11(13-10)8-14-9(2)3/h7,9,12H,4-6,8H2,1-3H3. The van der Waals surface area contributed by atoms with E-state index in [0.29, 0.717) is 5.25 Å².